The van der Waals surface area contributed by atoms with E-state index >= 15 is 0 Å². The van der Waals surface area contributed by atoms with Crippen LogP contribution in [0.25, 0.3) is 0 Å². The Balaban J connectivity index is 1.39. The van der Waals surface area contributed by atoms with Gasteiger partial charge in [0.25, 0.3) is 0 Å². The zero-order valence-corrected chi connectivity index (χ0v) is 23.3. The molecule has 214 valence electrons. The van der Waals surface area contributed by atoms with Crippen molar-refractivity contribution in [1.82, 2.24) is 15.1 Å². The molecule has 0 bridgehead atoms. The molecule has 2 aliphatic rings. The van der Waals surface area contributed by atoms with Crippen LogP contribution in [0.2, 0.25) is 0 Å². The molecule has 2 aromatic carbocycles. The fraction of sp³-hybridized carbons (Fsp3) is 0.448. The minimum atomic E-state index is -0.694. The number of alkyl carbamates (subject to hydrolysis) is 1. The number of carbonyl (C=O) groups excluding carboxylic acids is 4. The van der Waals surface area contributed by atoms with Crippen LogP contribution in [0.5, 0.6) is 0 Å². The number of fused-ring (bicyclic) bond motifs is 1. The number of benzene rings is 2. The molecule has 0 aliphatic carbocycles. The Morgan fingerprint density at radius 2 is 1.70 bits per heavy atom. The summed E-state index contributed by atoms with van der Waals surface area (Å²) in [5, 5.41) is 2.73. The summed E-state index contributed by atoms with van der Waals surface area (Å²) in [5.41, 5.74) is 1.56. The highest BCUT2D eigenvalue weighted by Crippen LogP contribution is 2.29. The Morgan fingerprint density at radius 3 is 2.35 bits per heavy atom. The number of ether oxygens (including phenoxy) is 3. The molecule has 1 unspecified atom stereocenters. The number of nitrogens with one attached hydrogen (secondary N) is 1. The zero-order valence-electron chi connectivity index (χ0n) is 23.3. The maximum absolute atomic E-state index is 13.2. The molecule has 40 heavy (non-hydrogen) atoms. The Bertz CT molecular complexity index is 1210. The molecule has 0 radical (unpaired) electrons. The van der Waals surface area contributed by atoms with Crippen LogP contribution in [0, 0.1) is 0 Å². The lowest BCUT2D eigenvalue weighted by Gasteiger charge is -2.35. The Hall–Kier alpha value is -4.28. The molecule has 0 aromatic heterocycles. The standard InChI is InChI=1S/C29H36N4O7/c1-29(2,3)40-26(35)30-24(16-25(34)38-4)21-10-12-22(13-11-21)33-18-23-17-31(14-15-32(23)27(33)36)28(37)39-19-20-8-6-5-7-9-20/h5-13,23-24H,14-19H2,1-4H3,(H,30,35)/t23-,24?/m0/s1. The van der Waals surface area contributed by atoms with Crippen molar-refractivity contribution in [3.05, 3.63) is 65.7 Å². The first-order chi connectivity index (χ1) is 19.0. The van der Waals surface area contributed by atoms with E-state index in [2.05, 4.69) is 5.32 Å². The molecule has 4 amide bonds. The van der Waals surface area contributed by atoms with Crippen molar-refractivity contribution >= 4 is 29.9 Å². The molecule has 2 saturated heterocycles. The third-order valence-corrected chi connectivity index (χ3v) is 6.71. The van der Waals surface area contributed by atoms with E-state index < -0.39 is 29.8 Å². The van der Waals surface area contributed by atoms with Crippen LogP contribution in [0.15, 0.2) is 54.6 Å². The van der Waals surface area contributed by atoms with Crippen molar-refractivity contribution in [2.24, 2.45) is 0 Å². The summed E-state index contributed by atoms with van der Waals surface area (Å²) in [7, 11) is 1.29. The van der Waals surface area contributed by atoms with E-state index in [9.17, 15) is 19.2 Å². The predicted octanol–water partition coefficient (Wildman–Crippen LogP) is 4.08. The van der Waals surface area contributed by atoms with E-state index in [4.69, 9.17) is 14.2 Å². The SMILES string of the molecule is COC(=O)CC(NC(=O)OC(C)(C)C)c1ccc(N2C[C@@H]3CN(C(=O)OCc4ccccc4)CCN3C2=O)cc1. The summed E-state index contributed by atoms with van der Waals surface area (Å²) in [6.45, 7) is 7.07. The van der Waals surface area contributed by atoms with Crippen molar-refractivity contribution in [2.45, 2.75) is 51.5 Å². The first-order valence-electron chi connectivity index (χ1n) is 13.2. The van der Waals surface area contributed by atoms with Gasteiger partial charge in [-0.15, -0.1) is 0 Å². The van der Waals surface area contributed by atoms with Gasteiger partial charge in [0.05, 0.1) is 25.6 Å². The summed E-state index contributed by atoms with van der Waals surface area (Å²) in [6, 6.07) is 15.6. The number of nitrogens with zero attached hydrogens (tertiary/aromatic N) is 3. The van der Waals surface area contributed by atoms with Gasteiger partial charge in [-0.05, 0) is 44.0 Å². The molecule has 11 heteroatoms. The number of esters is 1. The lowest BCUT2D eigenvalue weighted by Crippen LogP contribution is -2.53. The van der Waals surface area contributed by atoms with E-state index in [-0.39, 0.29) is 25.1 Å². The average Bonchev–Trinajstić information content (AvgIpc) is 3.26. The van der Waals surface area contributed by atoms with Crippen molar-refractivity contribution < 1.29 is 33.4 Å². The topological polar surface area (TPSA) is 118 Å². The van der Waals surface area contributed by atoms with Crippen molar-refractivity contribution in [3.8, 4) is 0 Å². The number of rotatable bonds is 7. The van der Waals surface area contributed by atoms with Gasteiger partial charge in [0, 0.05) is 31.9 Å². The number of hydrogen-bond donors (Lipinski definition) is 1. The van der Waals surface area contributed by atoms with Gasteiger partial charge in [0.1, 0.15) is 12.2 Å². The quantitative estimate of drug-likeness (QED) is 0.406. The van der Waals surface area contributed by atoms with Gasteiger partial charge in [0.2, 0.25) is 0 Å². The number of carbonyl (C=O) groups is 4. The fourth-order valence-electron chi connectivity index (χ4n) is 4.74. The molecule has 11 nitrogen and oxygen atoms in total. The molecular weight excluding hydrogens is 516 g/mol. The molecule has 0 spiro atoms. The minimum Gasteiger partial charge on any atom is -0.469 e. The Labute approximate surface area is 233 Å². The van der Waals surface area contributed by atoms with Crippen LogP contribution in [-0.4, -0.2) is 78.9 Å². The maximum atomic E-state index is 13.2. The molecule has 2 atom stereocenters. The van der Waals surface area contributed by atoms with E-state index in [1.54, 1.807) is 59.7 Å². The van der Waals surface area contributed by atoms with Crippen LogP contribution in [0.1, 0.15) is 44.4 Å². The van der Waals surface area contributed by atoms with Crippen molar-refractivity contribution in [1.29, 1.82) is 0 Å². The highest BCUT2D eigenvalue weighted by molar-refractivity contribution is 5.95. The number of methoxy groups -OCH3 is 1. The first-order valence-corrected chi connectivity index (χ1v) is 13.2. The molecule has 2 aliphatic heterocycles. The van der Waals surface area contributed by atoms with Gasteiger partial charge >= 0.3 is 24.2 Å². The lowest BCUT2D eigenvalue weighted by molar-refractivity contribution is -0.141. The van der Waals surface area contributed by atoms with Crippen LogP contribution in [0.3, 0.4) is 0 Å². The molecular formula is C29H36N4O7. The van der Waals surface area contributed by atoms with E-state index in [0.29, 0.717) is 37.4 Å². The van der Waals surface area contributed by atoms with Gasteiger partial charge in [-0.3, -0.25) is 9.69 Å². The average molecular weight is 553 g/mol. The largest absolute Gasteiger partial charge is 0.469 e. The third-order valence-electron chi connectivity index (χ3n) is 6.71. The van der Waals surface area contributed by atoms with E-state index in [1.807, 2.05) is 30.3 Å². The monoisotopic (exact) mass is 552 g/mol. The zero-order chi connectivity index (χ0) is 28.9. The Kier molecular flexibility index (Phi) is 8.81. The Morgan fingerprint density at radius 1 is 1.00 bits per heavy atom. The van der Waals surface area contributed by atoms with Gasteiger partial charge < -0.3 is 29.3 Å². The molecule has 1 N–H and O–H groups in total. The van der Waals surface area contributed by atoms with Gasteiger partial charge in [0.15, 0.2) is 0 Å². The van der Waals surface area contributed by atoms with Crippen molar-refractivity contribution in [2.75, 3.05) is 38.2 Å². The number of anilines is 1. The fourth-order valence-corrected chi connectivity index (χ4v) is 4.74. The highest BCUT2D eigenvalue weighted by Gasteiger charge is 2.42. The highest BCUT2D eigenvalue weighted by atomic mass is 16.6. The van der Waals surface area contributed by atoms with E-state index in [0.717, 1.165) is 5.56 Å². The van der Waals surface area contributed by atoms with Crippen LogP contribution in [0.4, 0.5) is 20.1 Å². The van der Waals surface area contributed by atoms with Crippen LogP contribution >= 0.6 is 0 Å². The minimum absolute atomic E-state index is 0.0796. The second kappa shape index (κ2) is 12.3. The molecule has 4 rings (SSSR count). The normalized spacial score (nSPS) is 17.6. The second-order valence-electron chi connectivity index (χ2n) is 10.8. The first kappa shape index (κ1) is 28.7. The molecule has 0 saturated carbocycles. The van der Waals surface area contributed by atoms with Crippen LogP contribution < -0.4 is 10.2 Å². The number of hydrogen-bond acceptors (Lipinski definition) is 7. The molecule has 2 fully saturated rings. The number of piperazine rings is 1. The van der Waals surface area contributed by atoms with Crippen LogP contribution in [-0.2, 0) is 25.6 Å². The molecule has 2 heterocycles. The van der Waals surface area contributed by atoms with Gasteiger partial charge in [-0.2, -0.15) is 0 Å². The van der Waals surface area contributed by atoms with Gasteiger partial charge in [-0.25, -0.2) is 14.4 Å². The lowest BCUT2D eigenvalue weighted by atomic mass is 10.0. The van der Waals surface area contributed by atoms with Gasteiger partial charge in [-0.1, -0.05) is 42.5 Å². The predicted molar refractivity (Wildman–Crippen MR) is 147 cm³/mol. The van der Waals surface area contributed by atoms with Crippen molar-refractivity contribution in [3.63, 3.8) is 0 Å². The summed E-state index contributed by atoms with van der Waals surface area (Å²) < 4.78 is 15.6. The maximum Gasteiger partial charge on any atom is 0.410 e. The summed E-state index contributed by atoms with van der Waals surface area (Å²) in [4.78, 5) is 55.3. The number of urea groups is 1. The van der Waals surface area contributed by atoms with E-state index in [1.165, 1.54) is 7.11 Å². The smallest absolute Gasteiger partial charge is 0.410 e. The third kappa shape index (κ3) is 7.22. The second-order valence-corrected chi connectivity index (χ2v) is 10.8. The molecule has 2 aromatic rings. The summed E-state index contributed by atoms with van der Waals surface area (Å²) in [5.74, 6) is -0.483. The summed E-state index contributed by atoms with van der Waals surface area (Å²) in [6.07, 6.45) is -1.12. The summed E-state index contributed by atoms with van der Waals surface area (Å²) >= 11 is 0. The number of amides is 4.